The standard InChI is InChI=1S/C36H43N5O3S/c1-24(2)12-14-26-15-19-32(28(21-26)16-13-25(3)4)44-20-8-11-34(42)37-29-18-17-27-22-33(35(43)31(27)23-29)45-36-38-39-40-41(36)30-9-6-5-7-10-30/h5-7,9-10,15,17-19,21,23-25,33H,8,11-14,16,20,22H2,1-4H3,(H,37,42). The number of anilines is 1. The number of thioether (sulfide) groups is 1. The first-order chi connectivity index (χ1) is 21.8. The summed E-state index contributed by atoms with van der Waals surface area (Å²) >= 11 is 1.36. The van der Waals surface area contributed by atoms with Crippen molar-refractivity contribution < 1.29 is 14.3 Å². The molecule has 0 fully saturated rings. The predicted molar refractivity (Wildman–Crippen MR) is 179 cm³/mol. The van der Waals surface area contributed by atoms with Crippen molar-refractivity contribution in [2.75, 3.05) is 11.9 Å². The Morgan fingerprint density at radius 3 is 2.56 bits per heavy atom. The maximum Gasteiger partial charge on any atom is 0.224 e. The second kappa shape index (κ2) is 15.3. The first-order valence-electron chi connectivity index (χ1n) is 16.0. The van der Waals surface area contributed by atoms with Crippen LogP contribution in [0, 0.1) is 11.8 Å². The summed E-state index contributed by atoms with van der Waals surface area (Å²) in [4.78, 5) is 26.1. The van der Waals surface area contributed by atoms with Gasteiger partial charge >= 0.3 is 0 Å². The number of Topliss-reactive ketones (excluding diaryl/α,β-unsaturated/α-hetero) is 1. The van der Waals surface area contributed by atoms with Crippen molar-refractivity contribution in [3.05, 3.63) is 89.0 Å². The van der Waals surface area contributed by atoms with Crippen LogP contribution in [0.25, 0.3) is 5.69 Å². The molecule has 3 aromatic carbocycles. The molecule has 9 heteroatoms. The van der Waals surface area contributed by atoms with Crippen molar-refractivity contribution in [2.45, 2.75) is 83.0 Å². The van der Waals surface area contributed by atoms with Crippen LogP contribution in [0.4, 0.5) is 5.69 Å². The fraction of sp³-hybridized carbons (Fsp3) is 0.417. The van der Waals surface area contributed by atoms with E-state index in [4.69, 9.17) is 4.74 Å². The van der Waals surface area contributed by atoms with E-state index < -0.39 is 0 Å². The third-order valence-corrected chi connectivity index (χ3v) is 9.11. The molecule has 8 nitrogen and oxygen atoms in total. The molecule has 0 saturated heterocycles. The number of benzene rings is 3. The summed E-state index contributed by atoms with van der Waals surface area (Å²) in [5.74, 6) is 2.15. The van der Waals surface area contributed by atoms with E-state index in [0.717, 1.165) is 36.3 Å². The average molecular weight is 626 g/mol. The van der Waals surface area contributed by atoms with Crippen LogP contribution in [0.1, 0.15) is 80.4 Å². The molecule has 1 unspecified atom stereocenters. The quantitative estimate of drug-likeness (QED) is 0.136. The van der Waals surface area contributed by atoms with E-state index in [9.17, 15) is 9.59 Å². The van der Waals surface area contributed by atoms with Crippen LogP contribution in [-0.4, -0.2) is 43.8 Å². The van der Waals surface area contributed by atoms with Crippen LogP contribution in [-0.2, 0) is 24.1 Å². The largest absolute Gasteiger partial charge is 0.493 e. The number of ether oxygens (including phenoxy) is 1. The maximum atomic E-state index is 13.3. The summed E-state index contributed by atoms with van der Waals surface area (Å²) in [7, 11) is 0. The van der Waals surface area contributed by atoms with Crippen LogP contribution in [0.2, 0.25) is 0 Å². The highest BCUT2D eigenvalue weighted by Crippen LogP contribution is 2.35. The summed E-state index contributed by atoms with van der Waals surface area (Å²) < 4.78 is 7.82. The summed E-state index contributed by atoms with van der Waals surface area (Å²) in [5.41, 5.74) is 5.68. The minimum atomic E-state index is -0.328. The highest BCUT2D eigenvalue weighted by atomic mass is 32.2. The maximum absolute atomic E-state index is 13.3. The number of nitrogens with zero attached hydrogens (tertiary/aromatic N) is 4. The SMILES string of the molecule is CC(C)CCc1ccc(OCCCC(=O)Nc2ccc3c(c2)C(=O)C(Sc2nnnn2-c2ccccc2)C3)c(CCC(C)C)c1. The number of para-hydroxylation sites is 1. The van der Waals surface area contributed by atoms with Gasteiger partial charge in [0.1, 0.15) is 5.75 Å². The van der Waals surface area contributed by atoms with Crippen LogP contribution in [0.5, 0.6) is 5.75 Å². The summed E-state index contributed by atoms with van der Waals surface area (Å²) in [6.07, 6.45) is 5.88. The van der Waals surface area contributed by atoms with E-state index in [-0.39, 0.29) is 16.9 Å². The molecule has 4 aromatic rings. The van der Waals surface area contributed by atoms with Gasteiger partial charge in [0, 0.05) is 17.7 Å². The Morgan fingerprint density at radius 1 is 1.00 bits per heavy atom. The van der Waals surface area contributed by atoms with Crippen molar-refractivity contribution in [3.8, 4) is 11.4 Å². The lowest BCUT2D eigenvalue weighted by Gasteiger charge is -2.15. The van der Waals surface area contributed by atoms with E-state index in [0.29, 0.717) is 54.1 Å². The van der Waals surface area contributed by atoms with E-state index in [1.165, 1.54) is 29.3 Å². The van der Waals surface area contributed by atoms with E-state index in [1.54, 1.807) is 10.7 Å². The Balaban J connectivity index is 1.12. The lowest BCUT2D eigenvalue weighted by atomic mass is 9.97. The van der Waals surface area contributed by atoms with Crippen LogP contribution >= 0.6 is 11.8 Å². The molecule has 1 amide bonds. The van der Waals surface area contributed by atoms with Gasteiger partial charge in [-0.2, -0.15) is 4.68 Å². The van der Waals surface area contributed by atoms with Crippen molar-refractivity contribution in [2.24, 2.45) is 11.8 Å². The zero-order valence-corrected chi connectivity index (χ0v) is 27.5. The van der Waals surface area contributed by atoms with Crippen molar-refractivity contribution in [1.82, 2.24) is 20.2 Å². The molecule has 45 heavy (non-hydrogen) atoms. The van der Waals surface area contributed by atoms with Gasteiger partial charge in [-0.15, -0.1) is 5.10 Å². The summed E-state index contributed by atoms with van der Waals surface area (Å²) in [5, 5.41) is 15.3. The Labute approximate surface area is 270 Å². The van der Waals surface area contributed by atoms with Gasteiger partial charge in [0.05, 0.1) is 17.5 Å². The number of ketones is 1. The normalized spacial score (nSPS) is 14.3. The zero-order chi connectivity index (χ0) is 31.8. The van der Waals surface area contributed by atoms with Gasteiger partial charge in [0.25, 0.3) is 0 Å². The minimum absolute atomic E-state index is 0.0191. The smallest absolute Gasteiger partial charge is 0.224 e. The molecule has 1 N–H and O–H groups in total. The molecule has 0 bridgehead atoms. The molecule has 1 aliphatic rings. The van der Waals surface area contributed by atoms with E-state index in [2.05, 4.69) is 66.7 Å². The average Bonchev–Trinajstić information content (AvgIpc) is 3.62. The number of carbonyl (C=O) groups excluding carboxylic acids is 2. The number of hydrogen-bond donors (Lipinski definition) is 1. The lowest BCUT2D eigenvalue weighted by molar-refractivity contribution is -0.116. The third kappa shape index (κ3) is 8.81. The highest BCUT2D eigenvalue weighted by Gasteiger charge is 2.33. The number of amides is 1. The third-order valence-electron chi connectivity index (χ3n) is 7.98. The van der Waals surface area contributed by atoms with Crippen LogP contribution in [0.3, 0.4) is 0 Å². The van der Waals surface area contributed by atoms with E-state index >= 15 is 0 Å². The Kier molecular flexibility index (Phi) is 11.1. The number of rotatable bonds is 15. The molecule has 0 radical (unpaired) electrons. The van der Waals surface area contributed by atoms with Crippen molar-refractivity contribution >= 4 is 29.1 Å². The van der Waals surface area contributed by atoms with Gasteiger partial charge in [-0.05, 0) is 108 Å². The second-order valence-corrected chi connectivity index (χ2v) is 13.7. The monoisotopic (exact) mass is 625 g/mol. The molecule has 5 rings (SSSR count). The molecular formula is C36H43N5O3S. The van der Waals surface area contributed by atoms with Crippen LogP contribution in [0.15, 0.2) is 71.9 Å². The molecule has 0 spiro atoms. The summed E-state index contributed by atoms with van der Waals surface area (Å²) in [6, 6.07) is 21.8. The molecule has 236 valence electrons. The van der Waals surface area contributed by atoms with Crippen LogP contribution < -0.4 is 10.1 Å². The zero-order valence-electron chi connectivity index (χ0n) is 26.7. The number of aryl methyl sites for hydroxylation is 2. The van der Waals surface area contributed by atoms with Gasteiger partial charge in [-0.1, -0.05) is 75.9 Å². The minimum Gasteiger partial charge on any atom is -0.493 e. The molecule has 1 aromatic heterocycles. The highest BCUT2D eigenvalue weighted by molar-refractivity contribution is 8.00. The molecular weight excluding hydrogens is 582 g/mol. The Bertz CT molecular complexity index is 1600. The first kappa shape index (κ1) is 32.4. The molecule has 1 aliphatic carbocycles. The van der Waals surface area contributed by atoms with Gasteiger partial charge in [-0.25, -0.2) is 0 Å². The topological polar surface area (TPSA) is 99.0 Å². The Morgan fingerprint density at radius 2 is 1.78 bits per heavy atom. The van der Waals surface area contributed by atoms with Crippen molar-refractivity contribution in [3.63, 3.8) is 0 Å². The number of tetrazole rings is 1. The van der Waals surface area contributed by atoms with E-state index in [1.807, 2.05) is 42.5 Å². The molecule has 0 aliphatic heterocycles. The lowest BCUT2D eigenvalue weighted by Crippen LogP contribution is -2.14. The predicted octanol–water partition coefficient (Wildman–Crippen LogP) is 7.54. The van der Waals surface area contributed by atoms with Gasteiger partial charge in [0.2, 0.25) is 11.1 Å². The first-order valence-corrected chi connectivity index (χ1v) is 16.9. The Hall–Kier alpha value is -3.98. The molecule has 1 atom stereocenters. The molecule has 0 saturated carbocycles. The summed E-state index contributed by atoms with van der Waals surface area (Å²) in [6.45, 7) is 9.47. The van der Waals surface area contributed by atoms with Gasteiger partial charge < -0.3 is 10.1 Å². The van der Waals surface area contributed by atoms with Crippen molar-refractivity contribution in [1.29, 1.82) is 0 Å². The number of fused-ring (bicyclic) bond motifs is 1. The number of nitrogens with one attached hydrogen (secondary N) is 1. The number of hydrogen-bond acceptors (Lipinski definition) is 7. The molecule has 1 heterocycles. The fourth-order valence-electron chi connectivity index (χ4n) is 5.40. The number of carbonyl (C=O) groups is 2. The fourth-order valence-corrected chi connectivity index (χ4v) is 6.47. The second-order valence-electron chi connectivity index (χ2n) is 12.6. The number of aromatic nitrogens is 4. The van der Waals surface area contributed by atoms with Gasteiger partial charge in [0.15, 0.2) is 5.78 Å². The van der Waals surface area contributed by atoms with Gasteiger partial charge in [-0.3, -0.25) is 9.59 Å².